The van der Waals surface area contributed by atoms with Crippen molar-refractivity contribution in [2.75, 3.05) is 6.61 Å². The molecule has 1 heterocycles. The molecule has 3 aromatic carbocycles. The maximum absolute atomic E-state index is 12.9. The summed E-state index contributed by atoms with van der Waals surface area (Å²) in [5.74, 6) is -0.350. The number of hydrogen-bond acceptors (Lipinski definition) is 7. The van der Waals surface area contributed by atoms with Crippen LogP contribution in [0, 0.1) is 0 Å². The second-order valence-electron chi connectivity index (χ2n) is 7.21. The molecule has 0 unspecified atom stereocenters. The van der Waals surface area contributed by atoms with Gasteiger partial charge in [-0.1, -0.05) is 42.5 Å². The van der Waals surface area contributed by atoms with E-state index in [2.05, 4.69) is 0 Å². The molecular formula is C26H20O7. The van der Waals surface area contributed by atoms with Gasteiger partial charge < -0.3 is 18.6 Å². The number of fused-ring (bicyclic) bond motifs is 1. The average molecular weight is 444 g/mol. The van der Waals surface area contributed by atoms with Crippen molar-refractivity contribution in [3.8, 4) is 22.6 Å². The van der Waals surface area contributed by atoms with E-state index in [0.29, 0.717) is 40.2 Å². The molecule has 0 bridgehead atoms. The highest BCUT2D eigenvalue weighted by molar-refractivity contribution is 5.83. The Morgan fingerprint density at radius 2 is 1.61 bits per heavy atom. The number of rotatable bonds is 7. The van der Waals surface area contributed by atoms with Crippen molar-refractivity contribution >= 4 is 22.9 Å². The summed E-state index contributed by atoms with van der Waals surface area (Å²) >= 11 is 0. The molecule has 4 rings (SSSR count). The Morgan fingerprint density at radius 3 is 2.33 bits per heavy atom. The lowest BCUT2D eigenvalue weighted by molar-refractivity contribution is -0.140. The molecule has 0 aliphatic rings. The third-order valence-corrected chi connectivity index (χ3v) is 4.74. The molecule has 0 aliphatic carbocycles. The van der Waals surface area contributed by atoms with Crippen molar-refractivity contribution in [3.63, 3.8) is 0 Å². The van der Waals surface area contributed by atoms with Gasteiger partial charge in [-0.05, 0) is 35.4 Å². The van der Waals surface area contributed by atoms with E-state index in [9.17, 15) is 14.4 Å². The molecule has 0 fully saturated rings. The van der Waals surface area contributed by atoms with E-state index in [1.165, 1.54) is 25.3 Å². The molecule has 166 valence electrons. The summed E-state index contributed by atoms with van der Waals surface area (Å²) in [6.07, 6.45) is 1.35. The Kier molecular flexibility index (Phi) is 6.61. The van der Waals surface area contributed by atoms with E-state index in [-0.39, 0.29) is 12.0 Å². The largest absolute Gasteiger partial charge is 0.463 e. The van der Waals surface area contributed by atoms with Gasteiger partial charge in [0.25, 0.3) is 0 Å². The Morgan fingerprint density at radius 1 is 0.879 bits per heavy atom. The van der Waals surface area contributed by atoms with Crippen LogP contribution in [0.4, 0.5) is 0 Å². The molecule has 0 saturated heterocycles. The maximum atomic E-state index is 12.9. The van der Waals surface area contributed by atoms with Crippen LogP contribution < -0.4 is 14.9 Å². The van der Waals surface area contributed by atoms with Crippen molar-refractivity contribution in [1.29, 1.82) is 0 Å². The van der Waals surface area contributed by atoms with Gasteiger partial charge in [0.1, 0.15) is 30.0 Å². The Balaban J connectivity index is 1.42. The maximum Gasteiger partial charge on any atom is 0.337 e. The Labute approximate surface area is 189 Å². The molecule has 0 atom stereocenters. The van der Waals surface area contributed by atoms with Crippen LogP contribution in [-0.2, 0) is 20.9 Å². The van der Waals surface area contributed by atoms with Crippen molar-refractivity contribution in [1.82, 2.24) is 0 Å². The summed E-state index contributed by atoms with van der Waals surface area (Å²) < 4.78 is 21.3. The van der Waals surface area contributed by atoms with Gasteiger partial charge in [0, 0.05) is 13.0 Å². The summed E-state index contributed by atoms with van der Waals surface area (Å²) in [5.41, 5.74) is 2.00. The summed E-state index contributed by atoms with van der Waals surface area (Å²) in [4.78, 5) is 36.0. The van der Waals surface area contributed by atoms with Crippen LogP contribution in [-0.4, -0.2) is 18.5 Å². The first-order valence-corrected chi connectivity index (χ1v) is 10.2. The van der Waals surface area contributed by atoms with Gasteiger partial charge in [0.15, 0.2) is 5.43 Å². The molecule has 0 amide bonds. The number of carbonyl (C=O) groups is 2. The molecule has 0 N–H and O–H groups in total. The SMILES string of the molecule is CC(=O)Oc1ccc2c(=O)c(-c3ccc(OC(=O)COCc4ccccc4)cc3)coc2c1. The monoisotopic (exact) mass is 444 g/mol. The van der Waals surface area contributed by atoms with Gasteiger partial charge in [-0.15, -0.1) is 0 Å². The number of esters is 2. The van der Waals surface area contributed by atoms with E-state index in [1.54, 1.807) is 30.3 Å². The normalized spacial score (nSPS) is 10.7. The highest BCUT2D eigenvalue weighted by Crippen LogP contribution is 2.25. The van der Waals surface area contributed by atoms with E-state index in [4.69, 9.17) is 18.6 Å². The fourth-order valence-electron chi connectivity index (χ4n) is 3.23. The number of carbonyl (C=O) groups excluding carboxylic acids is 2. The third-order valence-electron chi connectivity index (χ3n) is 4.74. The highest BCUT2D eigenvalue weighted by atomic mass is 16.6. The molecule has 33 heavy (non-hydrogen) atoms. The highest BCUT2D eigenvalue weighted by Gasteiger charge is 2.12. The second-order valence-corrected chi connectivity index (χ2v) is 7.21. The second kappa shape index (κ2) is 9.93. The molecule has 7 nitrogen and oxygen atoms in total. The zero-order valence-corrected chi connectivity index (χ0v) is 17.8. The number of hydrogen-bond donors (Lipinski definition) is 0. The Hall–Kier alpha value is -4.23. The first kappa shape index (κ1) is 22.0. The standard InChI is InChI=1S/C26H20O7/c1-17(27)32-21-11-12-22-24(13-21)31-15-23(26(22)29)19-7-9-20(10-8-19)33-25(28)16-30-14-18-5-3-2-4-6-18/h2-13,15H,14,16H2,1H3. The molecular weight excluding hydrogens is 424 g/mol. The lowest BCUT2D eigenvalue weighted by Gasteiger charge is -2.07. The quantitative estimate of drug-likeness (QED) is 0.306. The summed E-state index contributed by atoms with van der Waals surface area (Å²) in [5, 5.41) is 0.356. The van der Waals surface area contributed by atoms with Crippen molar-refractivity contribution in [2.45, 2.75) is 13.5 Å². The number of ether oxygens (including phenoxy) is 3. The zero-order valence-electron chi connectivity index (χ0n) is 17.8. The molecule has 0 radical (unpaired) electrons. The number of benzene rings is 3. The fraction of sp³-hybridized carbons (Fsp3) is 0.115. The summed E-state index contributed by atoms with van der Waals surface area (Å²) in [6, 6.07) is 20.6. The minimum atomic E-state index is -0.521. The fourth-order valence-corrected chi connectivity index (χ4v) is 3.23. The minimum Gasteiger partial charge on any atom is -0.463 e. The predicted molar refractivity (Wildman–Crippen MR) is 121 cm³/mol. The molecule has 4 aromatic rings. The van der Waals surface area contributed by atoms with E-state index in [1.807, 2.05) is 30.3 Å². The van der Waals surface area contributed by atoms with Crippen molar-refractivity contribution in [3.05, 3.63) is 94.8 Å². The van der Waals surface area contributed by atoms with E-state index in [0.717, 1.165) is 5.56 Å². The molecule has 7 heteroatoms. The van der Waals surface area contributed by atoms with Gasteiger partial charge >= 0.3 is 11.9 Å². The zero-order chi connectivity index (χ0) is 23.2. The Bertz CT molecular complexity index is 1340. The van der Waals surface area contributed by atoms with Crippen molar-refractivity contribution < 1.29 is 28.2 Å². The minimum absolute atomic E-state index is 0.180. The average Bonchev–Trinajstić information content (AvgIpc) is 2.80. The summed E-state index contributed by atoms with van der Waals surface area (Å²) in [6.45, 7) is 1.43. The van der Waals surface area contributed by atoms with Gasteiger partial charge in [0.05, 0.1) is 17.6 Å². The molecule has 0 saturated carbocycles. The van der Waals surface area contributed by atoms with Crippen molar-refractivity contribution in [2.24, 2.45) is 0 Å². The first-order valence-electron chi connectivity index (χ1n) is 10.2. The van der Waals surface area contributed by atoms with Crippen LogP contribution in [0.25, 0.3) is 22.1 Å². The van der Waals surface area contributed by atoms with Crippen LogP contribution in [0.1, 0.15) is 12.5 Å². The topological polar surface area (TPSA) is 92.0 Å². The van der Waals surface area contributed by atoms with Gasteiger partial charge in [-0.2, -0.15) is 0 Å². The first-order chi connectivity index (χ1) is 16.0. The predicted octanol–water partition coefficient (Wildman–Crippen LogP) is 4.51. The van der Waals surface area contributed by atoms with Crippen LogP contribution >= 0.6 is 0 Å². The molecule has 0 aliphatic heterocycles. The van der Waals surface area contributed by atoms with Gasteiger partial charge in [-0.3, -0.25) is 9.59 Å². The van der Waals surface area contributed by atoms with Gasteiger partial charge in [0.2, 0.25) is 0 Å². The van der Waals surface area contributed by atoms with E-state index < -0.39 is 11.9 Å². The lowest BCUT2D eigenvalue weighted by atomic mass is 10.1. The summed E-state index contributed by atoms with van der Waals surface area (Å²) in [7, 11) is 0. The smallest absolute Gasteiger partial charge is 0.337 e. The van der Waals surface area contributed by atoms with Crippen LogP contribution in [0.15, 0.2) is 88.3 Å². The molecule has 1 aromatic heterocycles. The third kappa shape index (κ3) is 5.53. The van der Waals surface area contributed by atoms with Gasteiger partial charge in [-0.25, -0.2) is 4.79 Å². The molecule has 0 spiro atoms. The van der Waals surface area contributed by atoms with Crippen LogP contribution in [0.3, 0.4) is 0 Å². The van der Waals surface area contributed by atoms with Crippen LogP contribution in [0.5, 0.6) is 11.5 Å². The lowest BCUT2D eigenvalue weighted by Crippen LogP contribution is -2.15. The van der Waals surface area contributed by atoms with E-state index >= 15 is 0 Å². The van der Waals surface area contributed by atoms with Crippen LogP contribution in [0.2, 0.25) is 0 Å².